The van der Waals surface area contributed by atoms with Crippen LogP contribution in [0.2, 0.25) is 0 Å². The Morgan fingerprint density at radius 2 is 1.76 bits per heavy atom. The number of carbonyl (C=O) groups excluding carboxylic acids is 2. The van der Waals surface area contributed by atoms with Gasteiger partial charge in [-0.1, -0.05) is 50.2 Å². The highest BCUT2D eigenvalue weighted by molar-refractivity contribution is 7.12. The summed E-state index contributed by atoms with van der Waals surface area (Å²) in [4.78, 5) is 27.2. The van der Waals surface area contributed by atoms with E-state index in [4.69, 9.17) is 0 Å². The Bertz CT molecular complexity index is 652. The molecule has 0 bridgehead atoms. The first-order valence-corrected chi connectivity index (χ1v) is 9.66. The molecule has 134 valence electrons. The van der Waals surface area contributed by atoms with Crippen LogP contribution in [0.3, 0.4) is 0 Å². The van der Waals surface area contributed by atoms with E-state index in [1.54, 1.807) is 6.07 Å². The molecule has 0 saturated heterocycles. The number of ketones is 1. The fraction of sp³-hybridized carbons (Fsp3) is 0.400. The number of nitrogens with zero attached hydrogens (tertiary/aromatic N) is 1. The van der Waals surface area contributed by atoms with Crippen LogP contribution >= 0.6 is 11.3 Å². The summed E-state index contributed by atoms with van der Waals surface area (Å²) in [5, 5.41) is 4.88. The molecule has 0 saturated carbocycles. The van der Waals surface area contributed by atoms with Gasteiger partial charge in [-0.25, -0.2) is 0 Å². The molecule has 2 rings (SSSR count). The molecule has 0 aliphatic heterocycles. The maximum atomic E-state index is 12.2. The van der Waals surface area contributed by atoms with Crippen molar-refractivity contribution < 1.29 is 9.59 Å². The van der Waals surface area contributed by atoms with Crippen molar-refractivity contribution in [2.24, 2.45) is 0 Å². The lowest BCUT2D eigenvalue weighted by Gasteiger charge is -2.30. The molecule has 0 fully saturated rings. The fourth-order valence-electron chi connectivity index (χ4n) is 2.88. The smallest absolute Gasteiger partial charge is 0.220 e. The summed E-state index contributed by atoms with van der Waals surface area (Å²) >= 11 is 1.42. The lowest BCUT2D eigenvalue weighted by atomic mass is 10.0. The molecule has 1 heterocycles. The number of Topliss-reactive ketones (excluding diaryl/α,β-unsaturated/α-hetero) is 1. The first-order valence-electron chi connectivity index (χ1n) is 8.78. The summed E-state index contributed by atoms with van der Waals surface area (Å²) < 4.78 is 0. The molecule has 1 aromatic heterocycles. The van der Waals surface area contributed by atoms with Crippen molar-refractivity contribution in [1.29, 1.82) is 0 Å². The van der Waals surface area contributed by atoms with Crippen molar-refractivity contribution in [1.82, 2.24) is 10.2 Å². The molecule has 2 aromatic rings. The van der Waals surface area contributed by atoms with Crippen LogP contribution in [-0.4, -0.2) is 36.2 Å². The summed E-state index contributed by atoms with van der Waals surface area (Å²) in [7, 11) is 0. The normalized spacial score (nSPS) is 12.1. The monoisotopic (exact) mass is 358 g/mol. The lowest BCUT2D eigenvalue weighted by molar-refractivity contribution is -0.121. The third kappa shape index (κ3) is 5.80. The minimum Gasteiger partial charge on any atom is -0.354 e. The van der Waals surface area contributed by atoms with E-state index in [-0.39, 0.29) is 30.6 Å². The highest BCUT2D eigenvalue weighted by Gasteiger charge is 2.19. The van der Waals surface area contributed by atoms with Gasteiger partial charge in [0.25, 0.3) is 0 Å². The average Bonchev–Trinajstić information content (AvgIpc) is 3.18. The number of thiophene rings is 1. The fourth-order valence-corrected chi connectivity index (χ4v) is 3.58. The van der Waals surface area contributed by atoms with E-state index in [1.165, 1.54) is 16.9 Å². The van der Waals surface area contributed by atoms with Gasteiger partial charge in [0.15, 0.2) is 5.78 Å². The summed E-state index contributed by atoms with van der Waals surface area (Å²) in [5.74, 6) is -0.0357. The van der Waals surface area contributed by atoms with Gasteiger partial charge >= 0.3 is 0 Å². The van der Waals surface area contributed by atoms with Crippen molar-refractivity contribution >= 4 is 23.0 Å². The second-order valence-corrected chi connectivity index (χ2v) is 6.80. The number of benzene rings is 1. The van der Waals surface area contributed by atoms with Crippen LogP contribution < -0.4 is 5.32 Å². The van der Waals surface area contributed by atoms with Crippen LogP contribution in [0.5, 0.6) is 0 Å². The Balaban J connectivity index is 1.89. The van der Waals surface area contributed by atoms with Crippen LogP contribution in [-0.2, 0) is 4.79 Å². The molecule has 1 N–H and O–H groups in total. The summed E-state index contributed by atoms with van der Waals surface area (Å²) in [6.07, 6.45) is 0.490. The highest BCUT2D eigenvalue weighted by Crippen LogP contribution is 2.19. The van der Waals surface area contributed by atoms with Crippen molar-refractivity contribution in [2.45, 2.75) is 32.7 Å². The molecular weight excluding hydrogens is 332 g/mol. The first kappa shape index (κ1) is 19.3. The SMILES string of the molecule is CCN(CC)C(CNC(=O)CCC(=O)c1cccs1)c1ccccc1. The van der Waals surface area contributed by atoms with E-state index < -0.39 is 0 Å². The van der Waals surface area contributed by atoms with Gasteiger partial charge < -0.3 is 5.32 Å². The molecule has 1 unspecified atom stereocenters. The zero-order valence-electron chi connectivity index (χ0n) is 14.9. The zero-order valence-corrected chi connectivity index (χ0v) is 15.7. The summed E-state index contributed by atoms with van der Waals surface area (Å²) in [6.45, 7) is 6.64. The molecule has 25 heavy (non-hydrogen) atoms. The molecule has 5 heteroatoms. The third-order valence-corrected chi connectivity index (χ3v) is 5.22. The Morgan fingerprint density at radius 1 is 1.04 bits per heavy atom. The quantitative estimate of drug-likeness (QED) is 0.655. The molecule has 0 aliphatic carbocycles. The standard InChI is InChI=1S/C20H26N2O2S/c1-3-22(4-2)17(16-9-6-5-7-10-16)15-21-20(24)13-12-18(23)19-11-8-14-25-19/h5-11,14,17H,3-4,12-13,15H2,1-2H3,(H,21,24). The molecule has 0 aliphatic rings. The lowest BCUT2D eigenvalue weighted by Crippen LogP contribution is -2.38. The van der Waals surface area contributed by atoms with Crippen LogP contribution in [0.25, 0.3) is 0 Å². The van der Waals surface area contributed by atoms with Crippen LogP contribution in [0.15, 0.2) is 47.8 Å². The number of rotatable bonds is 10. The number of carbonyl (C=O) groups is 2. The molecule has 4 nitrogen and oxygen atoms in total. The first-order chi connectivity index (χ1) is 12.2. The van der Waals surface area contributed by atoms with Crippen LogP contribution in [0.4, 0.5) is 0 Å². The summed E-state index contributed by atoms with van der Waals surface area (Å²) in [5.41, 5.74) is 1.20. The molecule has 0 spiro atoms. The van der Waals surface area contributed by atoms with Crippen molar-refractivity contribution in [3.05, 3.63) is 58.3 Å². The highest BCUT2D eigenvalue weighted by atomic mass is 32.1. The van der Waals surface area contributed by atoms with E-state index in [9.17, 15) is 9.59 Å². The number of hydrogen-bond acceptors (Lipinski definition) is 4. The van der Waals surface area contributed by atoms with Gasteiger partial charge in [0, 0.05) is 19.4 Å². The van der Waals surface area contributed by atoms with Gasteiger partial charge in [-0.05, 0) is 30.1 Å². The zero-order chi connectivity index (χ0) is 18.1. The van der Waals surface area contributed by atoms with Crippen LogP contribution in [0.1, 0.15) is 48.0 Å². The Kier molecular flexibility index (Phi) is 7.82. The second-order valence-electron chi connectivity index (χ2n) is 5.85. The molecule has 1 amide bonds. The van der Waals surface area contributed by atoms with E-state index in [1.807, 2.05) is 29.6 Å². The molecular formula is C20H26N2O2S. The van der Waals surface area contributed by atoms with Gasteiger partial charge in [-0.15, -0.1) is 11.3 Å². The minimum atomic E-state index is -0.0713. The van der Waals surface area contributed by atoms with Gasteiger partial charge in [-0.2, -0.15) is 0 Å². The number of likely N-dealkylation sites (N-methyl/N-ethyl adjacent to an activating group) is 1. The van der Waals surface area contributed by atoms with Crippen molar-refractivity contribution in [3.8, 4) is 0 Å². The van der Waals surface area contributed by atoms with E-state index >= 15 is 0 Å². The Hall–Kier alpha value is -1.98. The third-order valence-electron chi connectivity index (χ3n) is 4.31. The van der Waals surface area contributed by atoms with Crippen molar-refractivity contribution in [2.75, 3.05) is 19.6 Å². The van der Waals surface area contributed by atoms with Gasteiger partial charge in [0.1, 0.15) is 0 Å². The maximum absolute atomic E-state index is 12.2. The minimum absolute atomic E-state index is 0.0357. The van der Waals surface area contributed by atoms with E-state index in [0.717, 1.165) is 18.0 Å². The largest absolute Gasteiger partial charge is 0.354 e. The second kappa shape index (κ2) is 10.1. The van der Waals surface area contributed by atoms with E-state index in [2.05, 4.69) is 36.2 Å². The maximum Gasteiger partial charge on any atom is 0.220 e. The topological polar surface area (TPSA) is 49.4 Å². The number of hydrogen-bond donors (Lipinski definition) is 1. The van der Waals surface area contributed by atoms with Gasteiger partial charge in [0.05, 0.1) is 10.9 Å². The molecule has 0 radical (unpaired) electrons. The average molecular weight is 359 g/mol. The molecule has 1 atom stereocenters. The Morgan fingerprint density at radius 3 is 2.36 bits per heavy atom. The predicted octanol–water partition coefficient (Wildman–Crippen LogP) is 3.91. The van der Waals surface area contributed by atoms with Gasteiger partial charge in [-0.3, -0.25) is 14.5 Å². The van der Waals surface area contributed by atoms with Crippen molar-refractivity contribution in [3.63, 3.8) is 0 Å². The number of amides is 1. The van der Waals surface area contributed by atoms with Crippen LogP contribution in [0, 0.1) is 0 Å². The Labute approximate surface area is 153 Å². The molecule has 1 aromatic carbocycles. The predicted molar refractivity (Wildman–Crippen MR) is 103 cm³/mol. The number of nitrogens with one attached hydrogen (secondary N) is 1. The van der Waals surface area contributed by atoms with Gasteiger partial charge in [0.2, 0.25) is 5.91 Å². The summed E-state index contributed by atoms with van der Waals surface area (Å²) in [6, 6.07) is 14.0. The van der Waals surface area contributed by atoms with E-state index in [0.29, 0.717) is 6.54 Å².